The van der Waals surface area contributed by atoms with Crippen LogP contribution >= 0.6 is 0 Å². The molecule has 0 spiro atoms. The number of likely N-dealkylation sites (tertiary alicyclic amines) is 2. The van der Waals surface area contributed by atoms with E-state index in [4.69, 9.17) is 15.0 Å². The largest absolute Gasteiger partial charge is 0.490 e. The number of piperidine rings is 1. The Morgan fingerprint density at radius 2 is 1.66 bits per heavy atom. The molecule has 0 atom stereocenters. The number of hydrogen-bond donors (Lipinski definition) is 1. The summed E-state index contributed by atoms with van der Waals surface area (Å²) in [6.45, 7) is 5.19. The summed E-state index contributed by atoms with van der Waals surface area (Å²) in [6, 6.07) is 10.9. The number of rotatable bonds is 5. The molecule has 1 aliphatic carbocycles. The van der Waals surface area contributed by atoms with Crippen molar-refractivity contribution in [2.75, 3.05) is 26.2 Å². The van der Waals surface area contributed by atoms with Gasteiger partial charge >= 0.3 is 12.1 Å². The number of aliphatic carboxylic acids is 1. The van der Waals surface area contributed by atoms with Crippen LogP contribution in [0.15, 0.2) is 42.7 Å². The molecule has 38 heavy (non-hydrogen) atoms. The van der Waals surface area contributed by atoms with Crippen LogP contribution in [0, 0.1) is 5.92 Å². The quantitative estimate of drug-likeness (QED) is 0.523. The summed E-state index contributed by atoms with van der Waals surface area (Å²) >= 11 is 0. The van der Waals surface area contributed by atoms with Crippen molar-refractivity contribution < 1.29 is 27.9 Å². The van der Waals surface area contributed by atoms with E-state index in [1.54, 1.807) is 0 Å². The molecule has 6 rings (SSSR count). The number of aromatic nitrogens is 3. The summed E-state index contributed by atoms with van der Waals surface area (Å²) in [5.74, 6) is -1.81. The summed E-state index contributed by atoms with van der Waals surface area (Å²) in [5, 5.41) is 11.9. The second kappa shape index (κ2) is 10.8. The number of fused-ring (bicyclic) bond motifs is 1. The normalized spacial score (nSPS) is 19.0. The van der Waals surface area contributed by atoms with Crippen LogP contribution < -0.4 is 0 Å². The van der Waals surface area contributed by atoms with Crippen LogP contribution in [-0.4, -0.2) is 79.4 Å². The predicted molar refractivity (Wildman–Crippen MR) is 135 cm³/mol. The summed E-state index contributed by atoms with van der Waals surface area (Å²) < 4.78 is 35.9. The van der Waals surface area contributed by atoms with Gasteiger partial charge in [-0.15, -0.1) is 0 Å². The monoisotopic (exact) mass is 531 g/mol. The minimum Gasteiger partial charge on any atom is -0.475 e. The zero-order valence-corrected chi connectivity index (χ0v) is 21.1. The van der Waals surface area contributed by atoms with Gasteiger partial charge in [0.25, 0.3) is 5.91 Å². The van der Waals surface area contributed by atoms with Gasteiger partial charge < -0.3 is 19.3 Å². The molecule has 3 aromatic heterocycles. The molecule has 0 unspecified atom stereocenters. The van der Waals surface area contributed by atoms with Gasteiger partial charge in [0.2, 0.25) is 0 Å². The Morgan fingerprint density at radius 3 is 2.29 bits per heavy atom. The minimum atomic E-state index is -5.08. The van der Waals surface area contributed by atoms with E-state index >= 15 is 0 Å². The fourth-order valence-corrected chi connectivity index (χ4v) is 5.40. The van der Waals surface area contributed by atoms with Crippen molar-refractivity contribution in [1.29, 1.82) is 0 Å². The van der Waals surface area contributed by atoms with Gasteiger partial charge in [0.15, 0.2) is 0 Å². The summed E-state index contributed by atoms with van der Waals surface area (Å²) in [5.41, 5.74) is 3.71. The Bertz CT molecular complexity index is 1280. The first-order chi connectivity index (χ1) is 18.2. The first-order valence-corrected chi connectivity index (χ1v) is 13.2. The zero-order valence-electron chi connectivity index (χ0n) is 21.1. The lowest BCUT2D eigenvalue weighted by molar-refractivity contribution is -0.192. The number of alkyl halides is 3. The molecule has 3 aromatic rings. The highest BCUT2D eigenvalue weighted by molar-refractivity contribution is 6.02. The van der Waals surface area contributed by atoms with Crippen molar-refractivity contribution in [2.24, 2.45) is 5.92 Å². The number of hydrogen-bond acceptors (Lipinski definition) is 4. The lowest BCUT2D eigenvalue weighted by Gasteiger charge is -2.36. The number of carbonyl (C=O) groups excluding carboxylic acids is 1. The zero-order chi connectivity index (χ0) is 26.9. The average molecular weight is 532 g/mol. The van der Waals surface area contributed by atoms with Crippen LogP contribution in [-0.2, 0) is 11.3 Å². The van der Waals surface area contributed by atoms with Crippen molar-refractivity contribution >= 4 is 17.4 Å². The number of amides is 1. The highest BCUT2D eigenvalue weighted by Crippen LogP contribution is 2.32. The lowest BCUT2D eigenvalue weighted by Crippen LogP contribution is -2.45. The second-order valence-electron chi connectivity index (χ2n) is 10.3. The molecule has 5 heterocycles. The Labute approximate surface area is 218 Å². The number of pyridine rings is 1. The highest BCUT2D eigenvalue weighted by Gasteiger charge is 2.38. The fraction of sp³-hybridized carbons (Fsp3) is 0.519. The Balaban J connectivity index is 0.000000374. The van der Waals surface area contributed by atoms with Gasteiger partial charge in [-0.3, -0.25) is 9.48 Å². The third-order valence-electron chi connectivity index (χ3n) is 7.60. The third kappa shape index (κ3) is 5.87. The summed E-state index contributed by atoms with van der Waals surface area (Å²) in [7, 11) is 0. The molecular formula is C27H32F3N5O3. The third-order valence-corrected chi connectivity index (χ3v) is 7.60. The van der Waals surface area contributed by atoms with Crippen molar-refractivity contribution in [3.8, 4) is 11.4 Å². The fourth-order valence-electron chi connectivity index (χ4n) is 5.40. The average Bonchev–Trinajstić information content (AvgIpc) is 3.28. The van der Waals surface area contributed by atoms with Gasteiger partial charge in [0, 0.05) is 38.1 Å². The van der Waals surface area contributed by atoms with Gasteiger partial charge in [-0.25, -0.2) is 4.79 Å². The molecule has 11 heteroatoms. The van der Waals surface area contributed by atoms with Crippen molar-refractivity contribution in [3.63, 3.8) is 0 Å². The topological polar surface area (TPSA) is 83.1 Å². The van der Waals surface area contributed by atoms with E-state index in [-0.39, 0.29) is 5.91 Å². The SMILES string of the molecule is O=C(O)C(F)(F)F.O=C(c1cc(-c2ccn(CC3CC3)n2)n2ccccc12)N1CCC(N2CCCC2)CC1. The number of halogens is 3. The van der Waals surface area contributed by atoms with Crippen molar-refractivity contribution in [3.05, 3.63) is 48.3 Å². The van der Waals surface area contributed by atoms with Crippen LogP contribution in [0.25, 0.3) is 16.9 Å². The lowest BCUT2D eigenvalue weighted by atomic mass is 10.0. The standard InChI is InChI=1S/C25H31N5O.C2HF3O2/c31-25(28-14-8-20(9-15-28)27-11-3-4-12-27)21-17-24(30-13-2-1-5-23(21)30)22-10-16-29(26-22)18-19-6-7-19;3-2(4,5)1(6)7/h1-2,5,10,13,16-17,19-20H,3-4,6-9,11-12,14-15,18H2;(H,6,7). The van der Waals surface area contributed by atoms with E-state index in [2.05, 4.69) is 37.2 Å². The van der Waals surface area contributed by atoms with Gasteiger partial charge in [0.1, 0.15) is 5.69 Å². The predicted octanol–water partition coefficient (Wildman–Crippen LogP) is 4.55. The number of carboxylic acid groups (broad SMARTS) is 1. The van der Waals surface area contributed by atoms with Gasteiger partial charge in [-0.1, -0.05) is 6.07 Å². The minimum absolute atomic E-state index is 0.159. The van der Waals surface area contributed by atoms with Crippen LogP contribution in [0.1, 0.15) is 48.9 Å². The van der Waals surface area contributed by atoms with E-state index in [0.717, 1.165) is 60.9 Å². The van der Waals surface area contributed by atoms with Gasteiger partial charge in [-0.05, 0) is 81.8 Å². The molecule has 0 aromatic carbocycles. The van der Waals surface area contributed by atoms with Crippen LogP contribution in [0.3, 0.4) is 0 Å². The molecule has 0 bridgehead atoms. The maximum atomic E-state index is 13.5. The second-order valence-corrected chi connectivity index (χ2v) is 10.3. The number of carboxylic acids is 1. The molecule has 0 radical (unpaired) electrons. The molecule has 3 aliphatic rings. The van der Waals surface area contributed by atoms with Crippen LogP contribution in [0.4, 0.5) is 13.2 Å². The molecular weight excluding hydrogens is 499 g/mol. The molecule has 2 aliphatic heterocycles. The van der Waals surface area contributed by atoms with Crippen LogP contribution in [0.2, 0.25) is 0 Å². The number of nitrogens with zero attached hydrogens (tertiary/aromatic N) is 5. The first kappa shape index (κ1) is 26.3. The molecule has 2 saturated heterocycles. The molecule has 1 N–H and O–H groups in total. The maximum Gasteiger partial charge on any atom is 0.490 e. The highest BCUT2D eigenvalue weighted by atomic mass is 19.4. The molecule has 204 valence electrons. The van der Waals surface area contributed by atoms with Crippen LogP contribution in [0.5, 0.6) is 0 Å². The van der Waals surface area contributed by atoms with E-state index in [1.807, 2.05) is 24.4 Å². The molecule has 3 fully saturated rings. The molecule has 1 saturated carbocycles. The Hall–Kier alpha value is -3.34. The van der Waals surface area contributed by atoms with Gasteiger partial charge in [-0.2, -0.15) is 18.3 Å². The van der Waals surface area contributed by atoms with Crippen molar-refractivity contribution in [2.45, 2.75) is 57.3 Å². The smallest absolute Gasteiger partial charge is 0.475 e. The Kier molecular flexibility index (Phi) is 7.47. The molecule has 1 amide bonds. The Morgan fingerprint density at radius 1 is 0.974 bits per heavy atom. The summed E-state index contributed by atoms with van der Waals surface area (Å²) in [4.78, 5) is 27.1. The maximum absolute atomic E-state index is 13.5. The first-order valence-electron chi connectivity index (χ1n) is 13.2. The van der Waals surface area contributed by atoms with Gasteiger partial charge in [0.05, 0.1) is 16.8 Å². The number of carbonyl (C=O) groups is 2. The van der Waals surface area contributed by atoms with E-state index in [9.17, 15) is 18.0 Å². The van der Waals surface area contributed by atoms with Crippen molar-refractivity contribution in [1.82, 2.24) is 24.0 Å². The van der Waals surface area contributed by atoms with E-state index < -0.39 is 12.1 Å². The van der Waals surface area contributed by atoms with E-state index in [1.165, 1.54) is 38.8 Å². The molecule has 8 nitrogen and oxygen atoms in total. The summed E-state index contributed by atoms with van der Waals surface area (Å²) in [6.07, 6.45) is 6.50. The van der Waals surface area contributed by atoms with E-state index in [0.29, 0.717) is 6.04 Å².